The fourth-order valence-corrected chi connectivity index (χ4v) is 2.31. The Hall–Kier alpha value is -3.17. The monoisotopic (exact) mass is 352 g/mol. The van der Waals surface area contributed by atoms with Crippen molar-refractivity contribution in [3.63, 3.8) is 0 Å². The topological polar surface area (TPSA) is 91.8 Å². The van der Waals surface area contributed by atoms with Gasteiger partial charge in [0.2, 0.25) is 17.7 Å². The van der Waals surface area contributed by atoms with Gasteiger partial charge in [-0.25, -0.2) is 0 Å². The number of amides is 1. The van der Waals surface area contributed by atoms with Gasteiger partial charge in [-0.2, -0.15) is 5.26 Å². The van der Waals surface area contributed by atoms with Gasteiger partial charge in [-0.05, 0) is 36.4 Å². The number of hydrogen-bond acceptors (Lipinski definition) is 5. The quantitative estimate of drug-likeness (QED) is 0.753. The van der Waals surface area contributed by atoms with Gasteiger partial charge < -0.3 is 9.73 Å². The molecule has 1 aromatic heterocycles. The predicted octanol–water partition coefficient (Wildman–Crippen LogP) is 3.83. The Morgan fingerprint density at radius 1 is 1.16 bits per heavy atom. The molecular weight excluding hydrogens is 340 g/mol. The minimum Gasteiger partial charge on any atom is -0.421 e. The van der Waals surface area contributed by atoms with E-state index in [-0.39, 0.29) is 12.3 Å². The summed E-state index contributed by atoms with van der Waals surface area (Å²) in [6.45, 7) is 0. The molecule has 7 heteroatoms. The molecular formula is C18H13ClN4O2. The van der Waals surface area contributed by atoms with Crippen molar-refractivity contribution >= 4 is 23.2 Å². The standard InChI is InChI=1S/C18H13ClN4O2/c19-14-7-5-12(6-8-14)18-23-22-17(25-18)10-9-16(24)21-15-4-2-1-3-13(15)11-20/h1-8H,9-10H2,(H,21,24). The summed E-state index contributed by atoms with van der Waals surface area (Å²) in [6.07, 6.45) is 0.475. The van der Waals surface area contributed by atoms with Crippen molar-refractivity contribution in [3.8, 4) is 17.5 Å². The minimum atomic E-state index is -0.228. The van der Waals surface area contributed by atoms with Crippen LogP contribution >= 0.6 is 11.6 Å². The molecule has 0 aliphatic rings. The van der Waals surface area contributed by atoms with Crippen LogP contribution in [0.25, 0.3) is 11.5 Å². The second kappa shape index (κ2) is 7.60. The number of nitrogens with zero attached hydrogens (tertiary/aromatic N) is 3. The fourth-order valence-electron chi connectivity index (χ4n) is 2.19. The molecule has 6 nitrogen and oxygen atoms in total. The fraction of sp³-hybridized carbons (Fsp3) is 0.111. The van der Waals surface area contributed by atoms with E-state index < -0.39 is 0 Å². The Labute approximate surface area is 149 Å². The smallest absolute Gasteiger partial charge is 0.247 e. The first-order valence-corrected chi connectivity index (χ1v) is 7.91. The minimum absolute atomic E-state index is 0.169. The summed E-state index contributed by atoms with van der Waals surface area (Å²) < 4.78 is 5.56. The molecule has 0 aliphatic heterocycles. The Balaban J connectivity index is 1.59. The molecule has 124 valence electrons. The number of carbonyl (C=O) groups excluding carboxylic acids is 1. The molecule has 25 heavy (non-hydrogen) atoms. The molecule has 1 N–H and O–H groups in total. The molecule has 0 fully saturated rings. The van der Waals surface area contributed by atoms with Crippen LogP contribution in [0.1, 0.15) is 17.9 Å². The zero-order chi connectivity index (χ0) is 17.6. The summed E-state index contributed by atoms with van der Waals surface area (Å²) in [4.78, 5) is 12.0. The predicted molar refractivity (Wildman–Crippen MR) is 92.9 cm³/mol. The van der Waals surface area contributed by atoms with Crippen molar-refractivity contribution in [1.29, 1.82) is 5.26 Å². The maximum Gasteiger partial charge on any atom is 0.247 e. The molecule has 0 unspecified atom stereocenters. The Bertz CT molecular complexity index is 929. The number of nitrogens with one attached hydrogen (secondary N) is 1. The molecule has 2 aromatic carbocycles. The molecule has 0 aliphatic carbocycles. The third kappa shape index (κ3) is 4.22. The van der Waals surface area contributed by atoms with Gasteiger partial charge in [0.05, 0.1) is 11.3 Å². The molecule has 0 saturated heterocycles. The summed E-state index contributed by atoms with van der Waals surface area (Å²) >= 11 is 5.85. The maximum absolute atomic E-state index is 12.0. The van der Waals surface area contributed by atoms with Crippen LogP contribution in [0, 0.1) is 11.3 Å². The lowest BCUT2D eigenvalue weighted by Crippen LogP contribution is -2.13. The van der Waals surface area contributed by atoms with E-state index in [1.165, 1.54) is 0 Å². The van der Waals surface area contributed by atoms with Crippen LogP contribution in [0.3, 0.4) is 0 Å². The van der Waals surface area contributed by atoms with Gasteiger partial charge in [0, 0.05) is 23.4 Å². The highest BCUT2D eigenvalue weighted by Crippen LogP contribution is 2.20. The number of aromatic nitrogens is 2. The molecule has 3 rings (SSSR count). The molecule has 0 atom stereocenters. The van der Waals surface area contributed by atoms with Crippen LogP contribution in [0.2, 0.25) is 5.02 Å². The lowest BCUT2D eigenvalue weighted by Gasteiger charge is -2.05. The van der Waals surface area contributed by atoms with Crippen molar-refractivity contribution in [3.05, 3.63) is 65.0 Å². The van der Waals surface area contributed by atoms with Gasteiger partial charge >= 0.3 is 0 Å². The Morgan fingerprint density at radius 2 is 1.92 bits per heavy atom. The molecule has 1 heterocycles. The van der Waals surface area contributed by atoms with Crippen LogP contribution in [0.15, 0.2) is 52.9 Å². The molecule has 1 amide bonds. The highest BCUT2D eigenvalue weighted by Gasteiger charge is 2.11. The van der Waals surface area contributed by atoms with Crippen molar-refractivity contribution < 1.29 is 9.21 Å². The number of rotatable bonds is 5. The van der Waals surface area contributed by atoms with E-state index in [0.29, 0.717) is 34.5 Å². The maximum atomic E-state index is 12.0. The van der Waals surface area contributed by atoms with Gasteiger partial charge in [-0.1, -0.05) is 23.7 Å². The van der Waals surface area contributed by atoms with Gasteiger partial charge in [-0.3, -0.25) is 4.79 Å². The summed E-state index contributed by atoms with van der Waals surface area (Å²) in [7, 11) is 0. The van der Waals surface area contributed by atoms with E-state index in [2.05, 4.69) is 15.5 Å². The first-order chi connectivity index (χ1) is 12.2. The molecule has 3 aromatic rings. The molecule has 0 radical (unpaired) electrons. The summed E-state index contributed by atoms with van der Waals surface area (Å²) in [6, 6.07) is 15.9. The highest BCUT2D eigenvalue weighted by molar-refractivity contribution is 6.30. The van der Waals surface area contributed by atoms with Crippen LogP contribution in [0.5, 0.6) is 0 Å². The van der Waals surface area contributed by atoms with E-state index in [1.807, 2.05) is 6.07 Å². The third-order valence-electron chi connectivity index (χ3n) is 3.45. The first kappa shape index (κ1) is 16.7. The number of aryl methyl sites for hydroxylation is 1. The Morgan fingerprint density at radius 3 is 2.68 bits per heavy atom. The van der Waals surface area contributed by atoms with E-state index in [9.17, 15) is 4.79 Å². The number of carbonyl (C=O) groups is 1. The van der Waals surface area contributed by atoms with Crippen LogP contribution in [-0.2, 0) is 11.2 Å². The van der Waals surface area contributed by atoms with E-state index in [4.69, 9.17) is 21.3 Å². The van der Waals surface area contributed by atoms with Crippen molar-refractivity contribution in [1.82, 2.24) is 10.2 Å². The summed E-state index contributed by atoms with van der Waals surface area (Å²) in [5, 5.41) is 20.3. The normalized spacial score (nSPS) is 10.2. The lowest BCUT2D eigenvalue weighted by atomic mass is 10.2. The number of nitriles is 1. The van der Waals surface area contributed by atoms with E-state index in [1.54, 1.807) is 48.5 Å². The second-order valence-electron chi connectivity index (χ2n) is 5.21. The third-order valence-corrected chi connectivity index (χ3v) is 3.70. The summed E-state index contributed by atoms with van der Waals surface area (Å²) in [5.74, 6) is 0.518. The lowest BCUT2D eigenvalue weighted by molar-refractivity contribution is -0.116. The van der Waals surface area contributed by atoms with Crippen molar-refractivity contribution in [2.45, 2.75) is 12.8 Å². The second-order valence-corrected chi connectivity index (χ2v) is 5.65. The van der Waals surface area contributed by atoms with Gasteiger partial charge in [0.1, 0.15) is 6.07 Å². The van der Waals surface area contributed by atoms with Crippen LogP contribution in [-0.4, -0.2) is 16.1 Å². The molecule has 0 bridgehead atoms. The van der Waals surface area contributed by atoms with Gasteiger partial charge in [-0.15, -0.1) is 10.2 Å². The number of para-hydroxylation sites is 1. The van der Waals surface area contributed by atoms with E-state index in [0.717, 1.165) is 5.56 Å². The summed E-state index contributed by atoms with van der Waals surface area (Å²) in [5.41, 5.74) is 1.66. The number of benzene rings is 2. The average molecular weight is 353 g/mol. The van der Waals surface area contributed by atoms with Gasteiger partial charge in [0.25, 0.3) is 0 Å². The largest absolute Gasteiger partial charge is 0.421 e. The van der Waals surface area contributed by atoms with Gasteiger partial charge in [0.15, 0.2) is 0 Å². The zero-order valence-corrected chi connectivity index (χ0v) is 13.8. The SMILES string of the molecule is N#Cc1ccccc1NC(=O)CCc1nnc(-c2ccc(Cl)cc2)o1. The zero-order valence-electron chi connectivity index (χ0n) is 13.1. The highest BCUT2D eigenvalue weighted by atomic mass is 35.5. The number of hydrogen-bond donors (Lipinski definition) is 1. The van der Waals surface area contributed by atoms with E-state index >= 15 is 0 Å². The van der Waals surface area contributed by atoms with Crippen LogP contribution < -0.4 is 5.32 Å². The van der Waals surface area contributed by atoms with Crippen molar-refractivity contribution in [2.24, 2.45) is 0 Å². The molecule has 0 spiro atoms. The number of anilines is 1. The van der Waals surface area contributed by atoms with Crippen LogP contribution in [0.4, 0.5) is 5.69 Å². The Kier molecular flexibility index (Phi) is 5.07. The average Bonchev–Trinajstić information content (AvgIpc) is 3.10. The number of halogens is 1. The first-order valence-electron chi connectivity index (χ1n) is 7.53. The van der Waals surface area contributed by atoms with Crippen molar-refractivity contribution in [2.75, 3.05) is 5.32 Å². The molecule has 0 saturated carbocycles.